The molecule has 1 N–H and O–H groups in total. The Bertz CT molecular complexity index is 542. The third-order valence-electron chi connectivity index (χ3n) is 3.87. The number of nitrogens with one attached hydrogen (secondary N) is 1. The van der Waals surface area contributed by atoms with Crippen molar-refractivity contribution < 1.29 is 4.39 Å². The molecule has 3 heteroatoms. The second kappa shape index (κ2) is 4.73. The monoisotopic (exact) mass is 246 g/mol. The summed E-state index contributed by atoms with van der Waals surface area (Å²) < 4.78 is 13.3. The third kappa shape index (κ3) is 2.27. The average molecular weight is 246 g/mol. The van der Waals surface area contributed by atoms with E-state index in [1.165, 1.54) is 24.5 Å². The van der Waals surface area contributed by atoms with Crippen LogP contribution in [0.3, 0.4) is 0 Å². The Balaban J connectivity index is 1.75. The number of nitrogens with zero attached hydrogens (tertiary/aromatic N) is 1. The summed E-state index contributed by atoms with van der Waals surface area (Å²) >= 11 is 0. The van der Waals surface area contributed by atoms with Crippen molar-refractivity contribution in [2.75, 3.05) is 13.1 Å². The molecule has 1 heterocycles. The fourth-order valence-corrected chi connectivity index (χ4v) is 2.66. The van der Waals surface area contributed by atoms with Gasteiger partial charge in [-0.2, -0.15) is 0 Å². The fraction of sp³-hybridized carbons (Fsp3) is 0.467. The van der Waals surface area contributed by atoms with E-state index >= 15 is 0 Å². The lowest BCUT2D eigenvalue weighted by atomic mass is 10.1. The maximum absolute atomic E-state index is 13.3. The lowest BCUT2D eigenvalue weighted by Gasteiger charge is -2.19. The van der Waals surface area contributed by atoms with Gasteiger partial charge in [0, 0.05) is 29.7 Å². The molecule has 18 heavy (non-hydrogen) atoms. The van der Waals surface area contributed by atoms with Crippen molar-refractivity contribution in [3.8, 4) is 0 Å². The lowest BCUT2D eigenvalue weighted by Crippen LogP contribution is -2.27. The molecule has 0 unspecified atom stereocenters. The van der Waals surface area contributed by atoms with Gasteiger partial charge < -0.3 is 9.88 Å². The topological polar surface area (TPSA) is 19.0 Å². The van der Waals surface area contributed by atoms with E-state index in [1.807, 2.05) is 12.3 Å². The molecule has 1 aliphatic carbocycles. The molecular formula is C15H19FN2. The number of hydrogen-bond donors (Lipinski definition) is 1. The highest BCUT2D eigenvalue weighted by atomic mass is 19.1. The number of halogens is 1. The Morgan fingerprint density at radius 2 is 2.22 bits per heavy atom. The predicted octanol–water partition coefficient (Wildman–Crippen LogP) is 3.33. The average Bonchev–Trinajstić information content (AvgIpc) is 3.13. The van der Waals surface area contributed by atoms with Gasteiger partial charge >= 0.3 is 0 Å². The van der Waals surface area contributed by atoms with E-state index < -0.39 is 0 Å². The van der Waals surface area contributed by atoms with Gasteiger partial charge in [-0.3, -0.25) is 0 Å². The normalized spacial score (nSPS) is 15.7. The van der Waals surface area contributed by atoms with Gasteiger partial charge in [-0.05, 0) is 49.6 Å². The van der Waals surface area contributed by atoms with E-state index in [9.17, 15) is 4.39 Å². The van der Waals surface area contributed by atoms with Crippen LogP contribution >= 0.6 is 0 Å². The number of aromatic amines is 1. The van der Waals surface area contributed by atoms with Crippen LogP contribution in [0.15, 0.2) is 24.4 Å². The van der Waals surface area contributed by atoms with E-state index in [0.29, 0.717) is 0 Å². The standard InChI is InChI=1S/C15H19FN2/c1-2-18(13-4-5-13)8-7-11-10-17-15-6-3-12(16)9-14(11)15/h3,6,9-10,13,17H,2,4-5,7-8H2,1H3. The predicted molar refractivity (Wildman–Crippen MR) is 72.2 cm³/mol. The third-order valence-corrected chi connectivity index (χ3v) is 3.87. The molecule has 0 bridgehead atoms. The maximum Gasteiger partial charge on any atom is 0.123 e. The maximum atomic E-state index is 13.3. The minimum Gasteiger partial charge on any atom is -0.361 e. The summed E-state index contributed by atoms with van der Waals surface area (Å²) in [5, 5.41) is 1.03. The van der Waals surface area contributed by atoms with E-state index in [2.05, 4.69) is 16.8 Å². The number of rotatable bonds is 5. The van der Waals surface area contributed by atoms with E-state index in [4.69, 9.17) is 0 Å². The van der Waals surface area contributed by atoms with Crippen LogP contribution in [0, 0.1) is 5.82 Å². The number of H-pyrrole nitrogens is 1. The fourth-order valence-electron chi connectivity index (χ4n) is 2.66. The number of likely N-dealkylation sites (N-methyl/N-ethyl adjacent to an activating group) is 1. The molecule has 0 amide bonds. The Labute approximate surface area is 107 Å². The van der Waals surface area contributed by atoms with Crippen LogP contribution in [0.1, 0.15) is 25.3 Å². The summed E-state index contributed by atoms with van der Waals surface area (Å²) in [6.07, 6.45) is 5.70. The van der Waals surface area contributed by atoms with E-state index in [0.717, 1.165) is 36.5 Å². The molecule has 2 nitrogen and oxygen atoms in total. The number of benzene rings is 1. The van der Waals surface area contributed by atoms with Crippen molar-refractivity contribution in [1.82, 2.24) is 9.88 Å². The summed E-state index contributed by atoms with van der Waals surface area (Å²) in [6.45, 7) is 4.40. The molecule has 1 saturated carbocycles. The van der Waals surface area contributed by atoms with Crippen molar-refractivity contribution >= 4 is 10.9 Å². The van der Waals surface area contributed by atoms with E-state index in [-0.39, 0.29) is 5.82 Å². The summed E-state index contributed by atoms with van der Waals surface area (Å²) in [6, 6.07) is 5.75. The summed E-state index contributed by atoms with van der Waals surface area (Å²) in [5.41, 5.74) is 2.25. The first-order valence-electron chi connectivity index (χ1n) is 6.77. The lowest BCUT2D eigenvalue weighted by molar-refractivity contribution is 0.282. The van der Waals surface area contributed by atoms with Crippen molar-refractivity contribution in [1.29, 1.82) is 0 Å². The van der Waals surface area contributed by atoms with Crippen molar-refractivity contribution in [3.63, 3.8) is 0 Å². The Morgan fingerprint density at radius 1 is 1.39 bits per heavy atom. The minimum atomic E-state index is -0.155. The Hall–Kier alpha value is -1.35. The number of fused-ring (bicyclic) bond motifs is 1. The van der Waals surface area contributed by atoms with Crippen molar-refractivity contribution in [2.24, 2.45) is 0 Å². The molecule has 96 valence electrons. The molecule has 2 aromatic rings. The first kappa shape index (κ1) is 11.7. The molecule has 0 aliphatic heterocycles. The smallest absolute Gasteiger partial charge is 0.123 e. The summed E-state index contributed by atoms with van der Waals surface area (Å²) in [7, 11) is 0. The van der Waals surface area contributed by atoms with Crippen LogP contribution in [0.25, 0.3) is 10.9 Å². The van der Waals surface area contributed by atoms with Crippen molar-refractivity contribution in [2.45, 2.75) is 32.2 Å². The zero-order chi connectivity index (χ0) is 12.5. The second-order valence-corrected chi connectivity index (χ2v) is 5.11. The number of aromatic nitrogens is 1. The molecule has 1 aromatic heterocycles. The van der Waals surface area contributed by atoms with Crippen LogP contribution in [-0.2, 0) is 6.42 Å². The zero-order valence-electron chi connectivity index (χ0n) is 10.7. The van der Waals surface area contributed by atoms with Gasteiger partial charge in [0.2, 0.25) is 0 Å². The Kier molecular flexibility index (Phi) is 3.08. The largest absolute Gasteiger partial charge is 0.361 e. The van der Waals surface area contributed by atoms with Crippen LogP contribution in [0.2, 0.25) is 0 Å². The quantitative estimate of drug-likeness (QED) is 0.857. The van der Waals surface area contributed by atoms with Gasteiger partial charge in [0.15, 0.2) is 0 Å². The van der Waals surface area contributed by atoms with Gasteiger partial charge in [0.05, 0.1) is 0 Å². The first-order valence-corrected chi connectivity index (χ1v) is 6.77. The summed E-state index contributed by atoms with van der Waals surface area (Å²) in [5.74, 6) is -0.155. The first-order chi connectivity index (χ1) is 8.78. The van der Waals surface area contributed by atoms with E-state index in [1.54, 1.807) is 6.07 Å². The van der Waals surface area contributed by atoms with Crippen LogP contribution < -0.4 is 0 Å². The highest BCUT2D eigenvalue weighted by molar-refractivity contribution is 5.83. The highest BCUT2D eigenvalue weighted by Crippen LogP contribution is 2.27. The Morgan fingerprint density at radius 3 is 2.94 bits per heavy atom. The van der Waals surface area contributed by atoms with Crippen LogP contribution in [0.4, 0.5) is 4.39 Å². The molecule has 0 radical (unpaired) electrons. The summed E-state index contributed by atoms with van der Waals surface area (Å²) in [4.78, 5) is 5.74. The molecule has 0 saturated heterocycles. The molecule has 0 atom stereocenters. The van der Waals surface area contributed by atoms with Gasteiger partial charge in [-0.25, -0.2) is 4.39 Å². The number of hydrogen-bond acceptors (Lipinski definition) is 1. The van der Waals surface area contributed by atoms with Gasteiger partial charge in [-0.1, -0.05) is 6.92 Å². The minimum absolute atomic E-state index is 0.155. The second-order valence-electron chi connectivity index (χ2n) is 5.11. The highest BCUT2D eigenvalue weighted by Gasteiger charge is 2.27. The molecule has 1 aliphatic rings. The molecule has 0 spiro atoms. The van der Waals surface area contributed by atoms with Gasteiger partial charge in [0.1, 0.15) is 5.82 Å². The SMILES string of the molecule is CCN(CCc1c[nH]c2ccc(F)cc12)C1CC1. The molecule has 3 rings (SSSR count). The molecular weight excluding hydrogens is 227 g/mol. The molecule has 1 aromatic carbocycles. The van der Waals surface area contributed by atoms with Gasteiger partial charge in [0.25, 0.3) is 0 Å². The van der Waals surface area contributed by atoms with Crippen LogP contribution in [0.5, 0.6) is 0 Å². The zero-order valence-corrected chi connectivity index (χ0v) is 10.7. The van der Waals surface area contributed by atoms with Gasteiger partial charge in [-0.15, -0.1) is 0 Å². The molecule has 1 fully saturated rings. The van der Waals surface area contributed by atoms with Crippen molar-refractivity contribution in [3.05, 3.63) is 35.8 Å². The van der Waals surface area contributed by atoms with Crippen LogP contribution in [-0.4, -0.2) is 29.0 Å².